The molecule has 0 bridgehead atoms. The molecule has 1 aliphatic heterocycles. The minimum atomic E-state index is 0.0818. The van der Waals surface area contributed by atoms with Gasteiger partial charge in [0, 0.05) is 32.5 Å². The molecule has 0 radical (unpaired) electrons. The van der Waals surface area contributed by atoms with Gasteiger partial charge in [0.15, 0.2) is 0 Å². The minimum Gasteiger partial charge on any atom is -0.333 e. The van der Waals surface area contributed by atoms with E-state index in [0.29, 0.717) is 11.6 Å². The van der Waals surface area contributed by atoms with E-state index in [1.54, 1.807) is 12.5 Å². The summed E-state index contributed by atoms with van der Waals surface area (Å²) in [4.78, 5) is 24.0. The quantitative estimate of drug-likeness (QED) is 0.855. The number of fused-ring (bicyclic) bond motifs is 1. The largest absolute Gasteiger partial charge is 0.333 e. The predicted molar refractivity (Wildman–Crippen MR) is 85.8 cm³/mol. The van der Waals surface area contributed by atoms with Crippen molar-refractivity contribution in [2.45, 2.75) is 44.7 Å². The Labute approximate surface area is 136 Å². The third-order valence-electron chi connectivity index (χ3n) is 5.29. The van der Waals surface area contributed by atoms with Crippen molar-refractivity contribution < 1.29 is 4.79 Å². The van der Waals surface area contributed by atoms with E-state index in [2.05, 4.69) is 25.6 Å². The maximum atomic E-state index is 13.2. The fraction of sp³-hybridized carbons (Fsp3) is 0.588. The summed E-state index contributed by atoms with van der Waals surface area (Å²) in [6, 6.07) is 0.0948. The second-order valence-corrected chi connectivity index (χ2v) is 6.71. The Morgan fingerprint density at radius 1 is 1.22 bits per heavy atom. The lowest BCUT2D eigenvalue weighted by atomic mass is 9.95. The molecule has 2 aromatic heterocycles. The van der Waals surface area contributed by atoms with Crippen molar-refractivity contribution in [1.29, 1.82) is 0 Å². The van der Waals surface area contributed by atoms with E-state index in [4.69, 9.17) is 0 Å². The molecule has 23 heavy (non-hydrogen) atoms. The Bertz CT molecular complexity index is 697. The number of hydrogen-bond acceptors (Lipinski definition) is 3. The van der Waals surface area contributed by atoms with Gasteiger partial charge in [-0.15, -0.1) is 0 Å². The third kappa shape index (κ3) is 2.46. The molecular weight excluding hydrogens is 290 g/mol. The maximum Gasteiger partial charge on any atom is 0.272 e. The Morgan fingerprint density at radius 3 is 2.78 bits per heavy atom. The zero-order valence-electron chi connectivity index (χ0n) is 13.6. The van der Waals surface area contributed by atoms with E-state index in [9.17, 15) is 4.79 Å². The number of nitrogens with zero attached hydrogens (tertiary/aromatic N) is 5. The van der Waals surface area contributed by atoms with Crippen molar-refractivity contribution in [3.63, 3.8) is 0 Å². The van der Waals surface area contributed by atoms with Crippen LogP contribution in [0.1, 0.15) is 54.5 Å². The van der Waals surface area contributed by atoms with Crippen molar-refractivity contribution >= 4 is 5.91 Å². The number of carbonyl (C=O) groups is 1. The second-order valence-electron chi connectivity index (χ2n) is 6.71. The van der Waals surface area contributed by atoms with Crippen LogP contribution in [0.4, 0.5) is 0 Å². The van der Waals surface area contributed by atoms with E-state index in [-0.39, 0.29) is 11.9 Å². The number of aromatic nitrogens is 4. The zero-order valence-corrected chi connectivity index (χ0v) is 13.6. The first-order valence-electron chi connectivity index (χ1n) is 8.54. The molecule has 122 valence electrons. The summed E-state index contributed by atoms with van der Waals surface area (Å²) in [5.41, 5.74) is 0.660. The lowest BCUT2D eigenvalue weighted by Gasteiger charge is -2.33. The molecule has 0 aromatic carbocycles. The summed E-state index contributed by atoms with van der Waals surface area (Å²) < 4.78 is 4.05. The number of imidazole rings is 2. The van der Waals surface area contributed by atoms with Crippen LogP contribution >= 0.6 is 0 Å². The van der Waals surface area contributed by atoms with Gasteiger partial charge in [0.1, 0.15) is 11.5 Å². The Hall–Kier alpha value is -2.11. The first-order chi connectivity index (χ1) is 11.3. The van der Waals surface area contributed by atoms with Crippen molar-refractivity contribution in [2.24, 2.45) is 13.0 Å². The minimum absolute atomic E-state index is 0.0818. The van der Waals surface area contributed by atoms with Gasteiger partial charge < -0.3 is 14.0 Å². The van der Waals surface area contributed by atoms with Crippen LogP contribution in [0.5, 0.6) is 0 Å². The van der Waals surface area contributed by atoms with E-state index in [0.717, 1.165) is 25.3 Å². The molecule has 1 amide bonds. The molecular formula is C17H23N5O. The average Bonchev–Trinajstić information content (AvgIpc) is 3.28. The molecule has 2 aliphatic rings. The Morgan fingerprint density at radius 2 is 2.04 bits per heavy atom. The highest BCUT2D eigenvalue weighted by atomic mass is 16.2. The smallest absolute Gasteiger partial charge is 0.272 e. The van der Waals surface area contributed by atoms with Crippen LogP contribution in [0, 0.1) is 5.92 Å². The highest BCUT2D eigenvalue weighted by Gasteiger charge is 2.38. The molecule has 1 aliphatic carbocycles. The number of carbonyl (C=O) groups excluding carboxylic acids is 1. The van der Waals surface area contributed by atoms with Crippen LogP contribution in [-0.2, 0) is 13.6 Å². The normalized spacial score (nSPS) is 22.1. The third-order valence-corrected chi connectivity index (χ3v) is 5.29. The molecule has 2 aromatic rings. The van der Waals surface area contributed by atoms with Gasteiger partial charge >= 0.3 is 0 Å². The van der Waals surface area contributed by atoms with Gasteiger partial charge in [-0.1, -0.05) is 12.8 Å². The zero-order chi connectivity index (χ0) is 15.8. The summed E-state index contributed by atoms with van der Waals surface area (Å²) in [5.74, 6) is 1.66. The van der Waals surface area contributed by atoms with Crippen LogP contribution < -0.4 is 0 Å². The Balaban J connectivity index is 1.74. The van der Waals surface area contributed by atoms with Crippen LogP contribution in [0.15, 0.2) is 24.9 Å². The molecule has 0 N–H and O–H groups in total. The molecule has 3 heterocycles. The molecule has 0 saturated heterocycles. The highest BCUT2D eigenvalue weighted by Crippen LogP contribution is 2.40. The first kappa shape index (κ1) is 14.5. The number of aryl methyl sites for hydroxylation is 2. The van der Waals surface area contributed by atoms with Gasteiger partial charge in [-0.05, 0) is 25.2 Å². The maximum absolute atomic E-state index is 13.2. The summed E-state index contributed by atoms with van der Waals surface area (Å²) >= 11 is 0. The summed E-state index contributed by atoms with van der Waals surface area (Å²) in [6.07, 6.45) is 13.1. The molecule has 1 fully saturated rings. The lowest BCUT2D eigenvalue weighted by molar-refractivity contribution is 0.0593. The summed E-state index contributed by atoms with van der Waals surface area (Å²) in [6.45, 7) is 1.72. The van der Waals surface area contributed by atoms with Crippen molar-refractivity contribution in [2.75, 3.05) is 6.54 Å². The summed E-state index contributed by atoms with van der Waals surface area (Å²) in [5, 5.41) is 0. The van der Waals surface area contributed by atoms with Crippen molar-refractivity contribution in [1.82, 2.24) is 24.0 Å². The van der Waals surface area contributed by atoms with Crippen LogP contribution in [0.25, 0.3) is 0 Å². The molecule has 1 atom stereocenters. The number of hydrogen-bond donors (Lipinski definition) is 0. The predicted octanol–water partition coefficient (Wildman–Crippen LogP) is 2.39. The first-order valence-corrected chi connectivity index (χ1v) is 8.54. The Kier molecular flexibility index (Phi) is 3.67. The van der Waals surface area contributed by atoms with Gasteiger partial charge in [0.05, 0.1) is 18.6 Å². The average molecular weight is 313 g/mol. The fourth-order valence-corrected chi connectivity index (χ4v) is 4.14. The molecule has 1 unspecified atom stereocenters. The standard InChI is InChI=1S/C17H23N5O/c1-20-12-18-11-14(20)17(23)22-9-4-8-21-10-7-19-16(21)15(22)13-5-2-3-6-13/h7,10-13,15H,2-6,8-9H2,1H3. The second kappa shape index (κ2) is 5.83. The van der Waals surface area contributed by atoms with Gasteiger partial charge in [0.25, 0.3) is 5.91 Å². The monoisotopic (exact) mass is 313 g/mol. The van der Waals surface area contributed by atoms with E-state index >= 15 is 0 Å². The lowest BCUT2D eigenvalue weighted by Crippen LogP contribution is -2.39. The van der Waals surface area contributed by atoms with Crippen LogP contribution in [-0.4, -0.2) is 36.5 Å². The molecule has 4 rings (SSSR count). The topological polar surface area (TPSA) is 56.0 Å². The van der Waals surface area contributed by atoms with Crippen LogP contribution in [0.2, 0.25) is 0 Å². The summed E-state index contributed by atoms with van der Waals surface area (Å²) in [7, 11) is 1.88. The fourth-order valence-electron chi connectivity index (χ4n) is 4.14. The highest BCUT2D eigenvalue weighted by molar-refractivity contribution is 5.92. The van der Waals surface area contributed by atoms with Gasteiger partial charge in [0.2, 0.25) is 0 Å². The molecule has 1 saturated carbocycles. The molecule has 6 nitrogen and oxygen atoms in total. The number of rotatable bonds is 2. The van der Waals surface area contributed by atoms with E-state index < -0.39 is 0 Å². The van der Waals surface area contributed by atoms with Crippen LogP contribution in [0.3, 0.4) is 0 Å². The van der Waals surface area contributed by atoms with E-state index in [1.165, 1.54) is 25.7 Å². The van der Waals surface area contributed by atoms with Gasteiger partial charge in [-0.25, -0.2) is 9.97 Å². The molecule has 0 spiro atoms. The van der Waals surface area contributed by atoms with Gasteiger partial charge in [-0.3, -0.25) is 4.79 Å². The van der Waals surface area contributed by atoms with Crippen molar-refractivity contribution in [3.8, 4) is 0 Å². The van der Waals surface area contributed by atoms with Crippen molar-refractivity contribution in [3.05, 3.63) is 36.4 Å². The SMILES string of the molecule is Cn1cncc1C(=O)N1CCCn2ccnc2C1C1CCCC1. The molecule has 6 heteroatoms. The van der Waals surface area contributed by atoms with Gasteiger partial charge in [-0.2, -0.15) is 0 Å². The number of amides is 1. The van der Waals surface area contributed by atoms with E-state index in [1.807, 2.05) is 17.8 Å².